The normalized spacial score (nSPS) is 13.5. The molecule has 0 fully saturated rings. The van der Waals surface area contributed by atoms with E-state index in [1.807, 2.05) is 29.0 Å². The summed E-state index contributed by atoms with van der Waals surface area (Å²) in [5, 5.41) is 4.52. The first-order valence-corrected chi connectivity index (χ1v) is 6.93. The molecule has 2 nitrogen and oxygen atoms in total. The third-order valence-corrected chi connectivity index (χ3v) is 3.72. The molecule has 3 aromatic carbocycles. The van der Waals surface area contributed by atoms with Crippen LogP contribution in [0, 0.1) is 6.17 Å². The van der Waals surface area contributed by atoms with Crippen molar-refractivity contribution in [3.63, 3.8) is 0 Å². The maximum Gasteiger partial charge on any atom is 0.262 e. The van der Waals surface area contributed by atoms with Crippen LogP contribution in [-0.2, 0) is 0 Å². The standard InChI is InChI=1S/C19H14N2/c1-21-13-17-11-15-9-5-6-10-16(15)12-18(17)20-19(21)14-7-3-2-4-8-14/h2-13H,1H2. The van der Waals surface area contributed by atoms with Gasteiger partial charge in [-0.25, -0.2) is 0 Å². The first kappa shape index (κ1) is 11.9. The van der Waals surface area contributed by atoms with Gasteiger partial charge in [0, 0.05) is 18.1 Å². The summed E-state index contributed by atoms with van der Waals surface area (Å²) in [5.41, 5.74) is 1.07. The van der Waals surface area contributed by atoms with Gasteiger partial charge in [0.05, 0.1) is 0 Å². The van der Waals surface area contributed by atoms with Crippen molar-refractivity contribution in [2.45, 2.75) is 0 Å². The Labute approximate surface area is 123 Å². The maximum absolute atomic E-state index is 4.80. The van der Waals surface area contributed by atoms with E-state index in [0.717, 1.165) is 22.3 Å². The SMILES string of the molecule is C=[N+]1C=c2cc3ccccc3cc2=N[C-]1c1ccccc1. The largest absolute Gasteiger partial charge is 0.290 e. The predicted molar refractivity (Wildman–Crippen MR) is 85.4 cm³/mol. The van der Waals surface area contributed by atoms with Gasteiger partial charge in [0.15, 0.2) is 0 Å². The first-order chi connectivity index (χ1) is 10.3. The zero-order valence-corrected chi connectivity index (χ0v) is 11.5. The van der Waals surface area contributed by atoms with E-state index in [0.29, 0.717) is 0 Å². The molecule has 0 atom stereocenters. The van der Waals surface area contributed by atoms with Crippen LogP contribution in [-0.4, -0.2) is 11.3 Å². The smallest absolute Gasteiger partial charge is 0.262 e. The molecular formula is C19H14N2. The third kappa shape index (κ3) is 2.01. The third-order valence-electron chi connectivity index (χ3n) is 3.72. The number of benzene rings is 3. The van der Waals surface area contributed by atoms with Gasteiger partial charge in [-0.1, -0.05) is 48.5 Å². The fourth-order valence-electron chi connectivity index (χ4n) is 2.67. The maximum atomic E-state index is 4.80. The highest BCUT2D eigenvalue weighted by Crippen LogP contribution is 2.18. The number of hydrogen-bond acceptors (Lipinski definition) is 1. The molecule has 0 saturated heterocycles. The molecule has 0 radical (unpaired) electrons. The summed E-state index contributed by atoms with van der Waals surface area (Å²) in [6.45, 7) is 4.08. The summed E-state index contributed by atoms with van der Waals surface area (Å²) in [7, 11) is 0. The summed E-state index contributed by atoms with van der Waals surface area (Å²) < 4.78 is 1.84. The Hall–Kier alpha value is -2.87. The molecule has 21 heavy (non-hydrogen) atoms. The van der Waals surface area contributed by atoms with Crippen LogP contribution >= 0.6 is 0 Å². The molecule has 100 valence electrons. The topological polar surface area (TPSA) is 15.4 Å². The lowest BCUT2D eigenvalue weighted by molar-refractivity contribution is -0.391. The lowest BCUT2D eigenvalue weighted by atomic mass is 10.1. The summed E-state index contributed by atoms with van der Waals surface area (Å²) in [6.07, 6.45) is 2.91. The molecule has 3 aromatic rings. The van der Waals surface area contributed by atoms with E-state index in [1.54, 1.807) is 0 Å². The first-order valence-electron chi connectivity index (χ1n) is 6.93. The van der Waals surface area contributed by atoms with Crippen molar-refractivity contribution in [1.82, 2.24) is 0 Å². The van der Waals surface area contributed by atoms with E-state index in [4.69, 9.17) is 4.99 Å². The van der Waals surface area contributed by atoms with E-state index in [9.17, 15) is 0 Å². The molecule has 0 aliphatic carbocycles. The second kappa shape index (κ2) is 4.60. The molecule has 0 amide bonds. The molecule has 0 saturated carbocycles. The van der Waals surface area contributed by atoms with Crippen molar-refractivity contribution < 1.29 is 4.58 Å². The van der Waals surface area contributed by atoms with Crippen LogP contribution in [0.1, 0.15) is 5.56 Å². The molecular weight excluding hydrogens is 256 g/mol. The van der Waals surface area contributed by atoms with Crippen LogP contribution in [0.2, 0.25) is 0 Å². The molecule has 1 heterocycles. The van der Waals surface area contributed by atoms with Gasteiger partial charge in [0.2, 0.25) is 0 Å². The Morgan fingerprint density at radius 1 is 0.857 bits per heavy atom. The van der Waals surface area contributed by atoms with Gasteiger partial charge < -0.3 is 0 Å². The molecule has 0 bridgehead atoms. The number of nitrogens with zero attached hydrogens (tertiary/aromatic N) is 2. The molecule has 1 aliphatic heterocycles. The minimum atomic E-state index is 0.874. The molecule has 0 spiro atoms. The average molecular weight is 270 g/mol. The lowest BCUT2D eigenvalue weighted by Crippen LogP contribution is -2.33. The van der Waals surface area contributed by atoms with E-state index in [-0.39, 0.29) is 0 Å². The number of rotatable bonds is 1. The highest BCUT2D eigenvalue weighted by atomic mass is 15.1. The Balaban J connectivity index is 1.96. The summed E-state index contributed by atoms with van der Waals surface area (Å²) in [4.78, 5) is 4.80. The number of fused-ring (bicyclic) bond motifs is 2. The van der Waals surface area contributed by atoms with Crippen molar-refractivity contribution in [3.05, 3.63) is 89.0 Å². The highest BCUT2D eigenvalue weighted by molar-refractivity contribution is 5.82. The Morgan fingerprint density at radius 2 is 1.52 bits per heavy atom. The number of hydrogen-bond donors (Lipinski definition) is 0. The molecule has 0 aromatic heterocycles. The minimum Gasteiger partial charge on any atom is -0.290 e. The molecule has 0 N–H and O–H groups in total. The lowest BCUT2D eigenvalue weighted by Gasteiger charge is -2.15. The molecule has 4 rings (SSSR count). The summed E-state index contributed by atoms with van der Waals surface area (Å²) in [5.74, 6) is 0. The van der Waals surface area contributed by atoms with Crippen LogP contribution in [0.4, 0.5) is 0 Å². The van der Waals surface area contributed by atoms with Gasteiger partial charge in [-0.15, -0.1) is 17.1 Å². The predicted octanol–water partition coefficient (Wildman–Crippen LogP) is 2.46. The van der Waals surface area contributed by atoms with E-state index in [1.165, 1.54) is 10.8 Å². The van der Waals surface area contributed by atoms with Crippen LogP contribution in [0.25, 0.3) is 17.0 Å². The van der Waals surface area contributed by atoms with Crippen molar-refractivity contribution in [2.24, 2.45) is 4.99 Å². The Kier molecular flexibility index (Phi) is 2.61. The van der Waals surface area contributed by atoms with Crippen molar-refractivity contribution in [1.29, 1.82) is 0 Å². The van der Waals surface area contributed by atoms with Crippen LogP contribution < -0.4 is 10.6 Å². The van der Waals surface area contributed by atoms with Gasteiger partial charge in [-0.05, 0) is 22.4 Å². The monoisotopic (exact) mass is 270 g/mol. The molecule has 1 aliphatic rings. The van der Waals surface area contributed by atoms with Gasteiger partial charge in [-0.2, -0.15) is 0 Å². The van der Waals surface area contributed by atoms with Gasteiger partial charge in [-0.3, -0.25) is 4.58 Å². The quantitative estimate of drug-likeness (QED) is 0.477. The molecule has 2 heteroatoms. The van der Waals surface area contributed by atoms with Crippen molar-refractivity contribution >= 4 is 23.7 Å². The van der Waals surface area contributed by atoms with E-state index in [2.05, 4.69) is 55.2 Å². The minimum absolute atomic E-state index is 0.874. The average Bonchev–Trinajstić information content (AvgIpc) is 2.53. The zero-order chi connectivity index (χ0) is 14.2. The van der Waals surface area contributed by atoms with Crippen molar-refractivity contribution in [3.8, 4) is 0 Å². The van der Waals surface area contributed by atoms with Gasteiger partial charge >= 0.3 is 0 Å². The molecule has 0 unspecified atom stereocenters. The van der Waals surface area contributed by atoms with E-state index < -0.39 is 0 Å². The second-order valence-corrected chi connectivity index (χ2v) is 5.16. The zero-order valence-electron chi connectivity index (χ0n) is 11.5. The fourth-order valence-corrected chi connectivity index (χ4v) is 2.67. The van der Waals surface area contributed by atoms with Crippen LogP contribution in [0.15, 0.2) is 71.7 Å². The Bertz CT molecular complexity index is 956. The van der Waals surface area contributed by atoms with Crippen LogP contribution in [0.3, 0.4) is 0 Å². The van der Waals surface area contributed by atoms with Crippen molar-refractivity contribution in [2.75, 3.05) is 0 Å². The Morgan fingerprint density at radius 3 is 2.29 bits per heavy atom. The highest BCUT2D eigenvalue weighted by Gasteiger charge is 2.18. The van der Waals surface area contributed by atoms with E-state index >= 15 is 0 Å². The second-order valence-electron chi connectivity index (χ2n) is 5.16. The van der Waals surface area contributed by atoms with Crippen LogP contribution in [0.5, 0.6) is 0 Å². The summed E-state index contributed by atoms with van der Waals surface area (Å²) in [6, 6.07) is 22.8. The van der Waals surface area contributed by atoms with Gasteiger partial charge in [0.1, 0.15) is 5.36 Å². The van der Waals surface area contributed by atoms with Gasteiger partial charge in [0.25, 0.3) is 6.17 Å². The fraction of sp³-hybridized carbons (Fsp3) is 0. The summed E-state index contributed by atoms with van der Waals surface area (Å²) >= 11 is 0.